The van der Waals surface area contributed by atoms with Crippen LogP contribution in [0, 0.1) is 5.82 Å². The average molecular weight is 349 g/mol. The summed E-state index contributed by atoms with van der Waals surface area (Å²) in [5.74, 6) is -0.227. The highest BCUT2D eigenvalue weighted by Gasteiger charge is 2.28. The molecule has 2 aliphatic rings. The lowest BCUT2D eigenvalue weighted by Gasteiger charge is -2.41. The second-order valence-corrected chi connectivity index (χ2v) is 7.09. The Morgan fingerprint density at radius 1 is 1.24 bits per heavy atom. The fourth-order valence-corrected chi connectivity index (χ4v) is 3.68. The molecule has 1 aromatic carbocycles. The van der Waals surface area contributed by atoms with E-state index in [0.717, 1.165) is 51.2 Å². The van der Waals surface area contributed by atoms with E-state index in [0.29, 0.717) is 25.2 Å². The summed E-state index contributed by atoms with van der Waals surface area (Å²) in [5.41, 5.74) is 0.912. The van der Waals surface area contributed by atoms with Crippen molar-refractivity contribution in [1.82, 2.24) is 15.1 Å². The van der Waals surface area contributed by atoms with Crippen molar-refractivity contribution in [3.8, 4) is 0 Å². The number of nitrogens with one attached hydrogen (secondary N) is 1. The Morgan fingerprint density at radius 2 is 1.96 bits per heavy atom. The number of amides is 1. The first kappa shape index (κ1) is 18.3. The van der Waals surface area contributed by atoms with Crippen LogP contribution in [0.3, 0.4) is 0 Å². The third-order valence-corrected chi connectivity index (χ3v) is 5.12. The van der Waals surface area contributed by atoms with E-state index in [4.69, 9.17) is 4.74 Å². The Hall–Kier alpha value is -1.50. The highest BCUT2D eigenvalue weighted by Crippen LogP contribution is 2.19. The summed E-state index contributed by atoms with van der Waals surface area (Å²) in [5, 5.41) is 2.92. The first-order valence-corrected chi connectivity index (χ1v) is 9.19. The maximum atomic E-state index is 12.9. The predicted octanol–water partition coefficient (Wildman–Crippen LogP) is 1.63. The summed E-state index contributed by atoms with van der Waals surface area (Å²) in [4.78, 5) is 16.9. The van der Waals surface area contributed by atoms with Gasteiger partial charge in [0, 0.05) is 38.8 Å². The number of carbonyl (C=O) groups excluding carboxylic acids is 1. The number of hydrogen-bond acceptors (Lipinski definition) is 4. The molecule has 0 radical (unpaired) electrons. The Kier molecular flexibility index (Phi) is 6.39. The molecule has 1 atom stereocenters. The highest BCUT2D eigenvalue weighted by molar-refractivity contribution is 5.78. The molecule has 2 saturated heterocycles. The lowest BCUT2D eigenvalue weighted by atomic mass is 10.0. The molecule has 5 nitrogen and oxygen atoms in total. The van der Waals surface area contributed by atoms with Crippen LogP contribution in [-0.2, 0) is 16.1 Å². The number of carbonyl (C=O) groups is 1. The standard InChI is InChI=1S/C19H28FN3O2/c1-15-13-23(10-11-25-15)18-6-8-22(9-7-18)14-19(24)21-12-16-2-4-17(20)5-3-16/h2-5,15,18H,6-14H2,1H3,(H,21,24)/t15-/m1/s1. The van der Waals surface area contributed by atoms with Gasteiger partial charge in [-0.15, -0.1) is 0 Å². The SMILES string of the molecule is C[C@@H]1CN(C2CCN(CC(=O)NCc3ccc(F)cc3)CC2)CCO1. The lowest BCUT2D eigenvalue weighted by Crippen LogP contribution is -2.52. The molecule has 25 heavy (non-hydrogen) atoms. The minimum atomic E-state index is -0.257. The third kappa shape index (κ3) is 5.49. The number of halogens is 1. The van der Waals surface area contributed by atoms with Crippen molar-refractivity contribution in [1.29, 1.82) is 0 Å². The monoisotopic (exact) mass is 349 g/mol. The number of hydrogen-bond donors (Lipinski definition) is 1. The fourth-order valence-electron chi connectivity index (χ4n) is 3.68. The van der Waals surface area contributed by atoms with Gasteiger partial charge >= 0.3 is 0 Å². The summed E-state index contributed by atoms with van der Waals surface area (Å²) < 4.78 is 18.5. The van der Waals surface area contributed by atoms with Crippen molar-refractivity contribution in [2.24, 2.45) is 0 Å². The van der Waals surface area contributed by atoms with Crippen LogP contribution in [0.1, 0.15) is 25.3 Å². The largest absolute Gasteiger partial charge is 0.376 e. The molecule has 3 rings (SSSR count). The molecule has 0 unspecified atom stereocenters. The second kappa shape index (κ2) is 8.74. The van der Waals surface area contributed by atoms with Crippen molar-refractivity contribution in [3.63, 3.8) is 0 Å². The van der Waals surface area contributed by atoms with Crippen LogP contribution in [0.4, 0.5) is 4.39 Å². The zero-order valence-electron chi connectivity index (χ0n) is 14.9. The number of benzene rings is 1. The topological polar surface area (TPSA) is 44.8 Å². The van der Waals surface area contributed by atoms with Gasteiger partial charge in [-0.25, -0.2) is 4.39 Å². The van der Waals surface area contributed by atoms with Gasteiger partial charge in [0.15, 0.2) is 0 Å². The van der Waals surface area contributed by atoms with Crippen LogP contribution in [0.2, 0.25) is 0 Å². The molecular weight excluding hydrogens is 321 g/mol. The van der Waals surface area contributed by atoms with Crippen LogP contribution in [0.15, 0.2) is 24.3 Å². The summed E-state index contributed by atoms with van der Waals surface area (Å²) in [7, 11) is 0. The van der Waals surface area contributed by atoms with E-state index in [1.54, 1.807) is 12.1 Å². The van der Waals surface area contributed by atoms with Crippen molar-refractivity contribution in [3.05, 3.63) is 35.6 Å². The number of rotatable bonds is 5. The van der Waals surface area contributed by atoms with Crippen molar-refractivity contribution < 1.29 is 13.9 Å². The van der Waals surface area contributed by atoms with Crippen molar-refractivity contribution in [2.75, 3.05) is 39.3 Å². The molecule has 2 aliphatic heterocycles. The smallest absolute Gasteiger partial charge is 0.234 e. The maximum Gasteiger partial charge on any atom is 0.234 e. The molecule has 1 aromatic rings. The number of morpholine rings is 1. The molecule has 6 heteroatoms. The highest BCUT2D eigenvalue weighted by atomic mass is 19.1. The lowest BCUT2D eigenvalue weighted by molar-refractivity contribution is -0.122. The molecular formula is C19H28FN3O2. The van der Waals surface area contributed by atoms with Gasteiger partial charge in [0.05, 0.1) is 19.3 Å². The maximum absolute atomic E-state index is 12.9. The van der Waals surface area contributed by atoms with Gasteiger partial charge in [-0.3, -0.25) is 14.6 Å². The van der Waals surface area contributed by atoms with Gasteiger partial charge in [-0.2, -0.15) is 0 Å². The van der Waals surface area contributed by atoms with E-state index in [2.05, 4.69) is 22.0 Å². The van der Waals surface area contributed by atoms with Crippen LogP contribution >= 0.6 is 0 Å². The summed E-state index contributed by atoms with van der Waals surface area (Å²) >= 11 is 0. The van der Waals surface area contributed by atoms with Crippen LogP contribution in [-0.4, -0.2) is 67.2 Å². The minimum absolute atomic E-state index is 0.0303. The first-order valence-electron chi connectivity index (χ1n) is 9.19. The van der Waals surface area contributed by atoms with Gasteiger partial charge in [0.1, 0.15) is 5.82 Å². The number of ether oxygens (including phenoxy) is 1. The quantitative estimate of drug-likeness (QED) is 0.878. The number of likely N-dealkylation sites (tertiary alicyclic amines) is 1. The van der Waals surface area contributed by atoms with Gasteiger partial charge in [0.2, 0.25) is 5.91 Å². The Bertz CT molecular complexity index is 558. The number of nitrogens with zero attached hydrogens (tertiary/aromatic N) is 2. The van der Waals surface area contributed by atoms with Crippen LogP contribution < -0.4 is 5.32 Å². The molecule has 1 amide bonds. The molecule has 0 saturated carbocycles. The van der Waals surface area contributed by atoms with Crippen LogP contribution in [0.5, 0.6) is 0 Å². The first-order chi connectivity index (χ1) is 12.1. The second-order valence-electron chi connectivity index (χ2n) is 7.09. The Labute approximate surface area is 149 Å². The van der Waals surface area contributed by atoms with Gasteiger partial charge < -0.3 is 10.1 Å². The Morgan fingerprint density at radius 3 is 2.64 bits per heavy atom. The molecule has 0 bridgehead atoms. The van der Waals surface area contributed by atoms with Gasteiger partial charge in [0.25, 0.3) is 0 Å². The molecule has 0 aliphatic carbocycles. The van der Waals surface area contributed by atoms with Crippen molar-refractivity contribution in [2.45, 2.75) is 38.5 Å². The number of piperidine rings is 1. The Balaban J connectivity index is 1.36. The van der Waals surface area contributed by atoms with E-state index in [1.165, 1.54) is 12.1 Å². The molecule has 0 aromatic heterocycles. The van der Waals surface area contributed by atoms with Crippen molar-refractivity contribution >= 4 is 5.91 Å². The van der Waals surface area contributed by atoms with Gasteiger partial charge in [-0.05, 0) is 37.5 Å². The van der Waals surface area contributed by atoms with Crippen LogP contribution in [0.25, 0.3) is 0 Å². The van der Waals surface area contributed by atoms with E-state index < -0.39 is 0 Å². The zero-order valence-corrected chi connectivity index (χ0v) is 14.9. The zero-order chi connectivity index (χ0) is 17.6. The van der Waals surface area contributed by atoms with E-state index >= 15 is 0 Å². The molecule has 2 heterocycles. The molecule has 0 spiro atoms. The van der Waals surface area contributed by atoms with Gasteiger partial charge in [-0.1, -0.05) is 12.1 Å². The van der Waals surface area contributed by atoms with E-state index in [9.17, 15) is 9.18 Å². The van der Waals surface area contributed by atoms with E-state index in [-0.39, 0.29) is 11.7 Å². The minimum Gasteiger partial charge on any atom is -0.376 e. The summed E-state index contributed by atoms with van der Waals surface area (Å²) in [6.45, 7) is 7.80. The normalized spacial score (nSPS) is 23.5. The third-order valence-electron chi connectivity index (χ3n) is 5.12. The molecule has 1 N–H and O–H groups in total. The molecule has 2 fully saturated rings. The predicted molar refractivity (Wildman–Crippen MR) is 94.7 cm³/mol. The van der Waals surface area contributed by atoms with E-state index in [1.807, 2.05) is 0 Å². The summed E-state index contributed by atoms with van der Waals surface area (Å²) in [6.07, 6.45) is 2.54. The summed E-state index contributed by atoms with van der Waals surface area (Å²) in [6, 6.07) is 6.84. The fraction of sp³-hybridized carbons (Fsp3) is 0.632. The molecule has 138 valence electrons. The average Bonchev–Trinajstić information content (AvgIpc) is 2.62.